The first-order valence-electron chi connectivity index (χ1n) is 6.90. The number of halogens is 1. The van der Waals surface area contributed by atoms with Crippen molar-refractivity contribution in [3.05, 3.63) is 23.6 Å². The van der Waals surface area contributed by atoms with Gasteiger partial charge in [-0.25, -0.2) is 9.37 Å². The maximum absolute atomic E-state index is 14.3. The molecule has 0 aliphatic carbocycles. The van der Waals surface area contributed by atoms with E-state index in [9.17, 15) is 4.39 Å². The van der Waals surface area contributed by atoms with Gasteiger partial charge >= 0.3 is 0 Å². The average Bonchev–Trinajstić information content (AvgIpc) is 2.43. The predicted molar refractivity (Wildman–Crippen MR) is 73.8 cm³/mol. The molecule has 0 radical (unpaired) electrons. The van der Waals surface area contributed by atoms with Gasteiger partial charge in [-0.05, 0) is 32.9 Å². The number of pyridine rings is 1. The lowest BCUT2D eigenvalue weighted by atomic mass is 10.1. The van der Waals surface area contributed by atoms with Gasteiger partial charge in [0.15, 0.2) is 11.6 Å². The van der Waals surface area contributed by atoms with E-state index >= 15 is 0 Å². The lowest BCUT2D eigenvalue weighted by molar-refractivity contribution is 0.0457. The van der Waals surface area contributed by atoms with E-state index in [2.05, 4.69) is 10.3 Å². The normalized spacial score (nSPS) is 16.9. The molecule has 0 amide bonds. The molecular formula is C14H22FN3O. The van der Waals surface area contributed by atoms with Gasteiger partial charge in [-0.15, -0.1) is 0 Å². The Morgan fingerprint density at radius 1 is 1.47 bits per heavy atom. The molecule has 1 fully saturated rings. The molecule has 1 aliphatic heterocycles. The number of ether oxygens (including phenoxy) is 1. The second-order valence-electron chi connectivity index (χ2n) is 4.78. The van der Waals surface area contributed by atoms with Gasteiger partial charge in [0, 0.05) is 38.0 Å². The monoisotopic (exact) mass is 267 g/mol. The lowest BCUT2D eigenvalue weighted by Crippen LogP contribution is -2.38. The Kier molecular flexibility index (Phi) is 5.10. The van der Waals surface area contributed by atoms with Gasteiger partial charge in [0.05, 0.1) is 6.10 Å². The summed E-state index contributed by atoms with van der Waals surface area (Å²) < 4.78 is 19.9. The maximum atomic E-state index is 14.3. The molecule has 0 saturated carbocycles. The molecule has 0 unspecified atom stereocenters. The van der Waals surface area contributed by atoms with Gasteiger partial charge in [0.25, 0.3) is 0 Å². The molecule has 0 aromatic carbocycles. The fourth-order valence-electron chi connectivity index (χ4n) is 2.49. The van der Waals surface area contributed by atoms with Crippen LogP contribution in [0.1, 0.15) is 25.3 Å². The molecule has 0 atom stereocenters. The zero-order valence-electron chi connectivity index (χ0n) is 11.7. The Bertz CT molecular complexity index is 406. The van der Waals surface area contributed by atoms with Crippen LogP contribution in [-0.2, 0) is 11.3 Å². The minimum absolute atomic E-state index is 0.202. The van der Waals surface area contributed by atoms with Crippen LogP contribution in [0, 0.1) is 5.82 Å². The first-order chi connectivity index (χ1) is 9.26. The maximum Gasteiger partial charge on any atom is 0.170 e. The predicted octanol–water partition coefficient (Wildman–Crippen LogP) is 1.95. The van der Waals surface area contributed by atoms with Crippen molar-refractivity contribution in [1.82, 2.24) is 10.3 Å². The van der Waals surface area contributed by atoms with Crippen molar-refractivity contribution in [3.8, 4) is 0 Å². The fraction of sp³-hybridized carbons (Fsp3) is 0.643. The first kappa shape index (κ1) is 14.2. The van der Waals surface area contributed by atoms with E-state index in [0.717, 1.165) is 32.5 Å². The molecule has 0 bridgehead atoms. The molecule has 1 saturated heterocycles. The summed E-state index contributed by atoms with van der Waals surface area (Å²) in [4.78, 5) is 6.22. The second kappa shape index (κ2) is 6.82. The molecule has 4 nitrogen and oxygen atoms in total. The summed E-state index contributed by atoms with van der Waals surface area (Å²) in [7, 11) is 1.81. The number of hydrogen-bond donors (Lipinski definition) is 1. The third-order valence-electron chi connectivity index (χ3n) is 3.46. The number of anilines is 1. The van der Waals surface area contributed by atoms with E-state index in [-0.39, 0.29) is 5.82 Å². The number of piperidine rings is 1. The van der Waals surface area contributed by atoms with Gasteiger partial charge in [0.2, 0.25) is 0 Å². The van der Waals surface area contributed by atoms with E-state index in [1.807, 2.05) is 18.9 Å². The minimum Gasteiger partial charge on any atom is -0.378 e. The zero-order valence-corrected chi connectivity index (χ0v) is 11.7. The molecule has 1 aliphatic rings. The Labute approximate surface area is 114 Å². The van der Waals surface area contributed by atoms with Gasteiger partial charge in [0.1, 0.15) is 0 Å². The quantitative estimate of drug-likeness (QED) is 0.885. The number of nitrogens with zero attached hydrogens (tertiary/aromatic N) is 2. The number of aromatic nitrogens is 1. The van der Waals surface area contributed by atoms with Crippen molar-refractivity contribution in [2.24, 2.45) is 0 Å². The SMILES string of the molecule is CCOC1CCN(c2nccc(CNC)c2F)CC1. The highest BCUT2D eigenvalue weighted by Crippen LogP contribution is 2.24. The summed E-state index contributed by atoms with van der Waals surface area (Å²) in [6.07, 6.45) is 3.86. The molecule has 1 aromatic heterocycles. The molecule has 1 aromatic rings. The van der Waals surface area contributed by atoms with Crippen LogP contribution in [0.3, 0.4) is 0 Å². The van der Waals surface area contributed by atoms with Crippen molar-refractivity contribution in [1.29, 1.82) is 0 Å². The van der Waals surface area contributed by atoms with E-state index in [0.29, 0.717) is 24.0 Å². The highest BCUT2D eigenvalue weighted by molar-refractivity contribution is 5.43. The van der Waals surface area contributed by atoms with Crippen LogP contribution in [0.5, 0.6) is 0 Å². The summed E-state index contributed by atoms with van der Waals surface area (Å²) in [5.41, 5.74) is 0.666. The summed E-state index contributed by atoms with van der Waals surface area (Å²) in [5.74, 6) is 0.273. The van der Waals surface area contributed by atoms with Crippen LogP contribution < -0.4 is 10.2 Å². The summed E-state index contributed by atoms with van der Waals surface area (Å²) in [6, 6.07) is 1.72. The average molecular weight is 267 g/mol. The van der Waals surface area contributed by atoms with Crippen LogP contribution in [0.4, 0.5) is 10.2 Å². The largest absolute Gasteiger partial charge is 0.378 e. The molecule has 19 heavy (non-hydrogen) atoms. The van der Waals surface area contributed by atoms with Crippen LogP contribution in [-0.4, -0.2) is 37.8 Å². The van der Waals surface area contributed by atoms with Crippen LogP contribution in [0.15, 0.2) is 12.3 Å². The summed E-state index contributed by atoms with van der Waals surface area (Å²) in [5, 5.41) is 2.97. The first-order valence-corrected chi connectivity index (χ1v) is 6.90. The molecular weight excluding hydrogens is 245 g/mol. The van der Waals surface area contributed by atoms with Crippen LogP contribution in [0.25, 0.3) is 0 Å². The Hall–Kier alpha value is -1.20. The molecule has 2 heterocycles. The van der Waals surface area contributed by atoms with Crippen molar-refractivity contribution >= 4 is 5.82 Å². The zero-order chi connectivity index (χ0) is 13.7. The smallest absolute Gasteiger partial charge is 0.170 e. The van der Waals surface area contributed by atoms with Gasteiger partial charge in [-0.2, -0.15) is 0 Å². The van der Waals surface area contributed by atoms with E-state index < -0.39 is 0 Å². The van der Waals surface area contributed by atoms with Gasteiger partial charge in [-0.1, -0.05) is 0 Å². The number of hydrogen-bond acceptors (Lipinski definition) is 4. The summed E-state index contributed by atoms with van der Waals surface area (Å²) in [6.45, 7) is 4.88. The van der Waals surface area contributed by atoms with Crippen molar-refractivity contribution in [2.45, 2.75) is 32.4 Å². The second-order valence-corrected chi connectivity index (χ2v) is 4.78. The number of rotatable bonds is 5. The van der Waals surface area contributed by atoms with Crippen LogP contribution in [0.2, 0.25) is 0 Å². The minimum atomic E-state index is -0.202. The highest BCUT2D eigenvalue weighted by Gasteiger charge is 2.23. The Morgan fingerprint density at radius 2 is 2.21 bits per heavy atom. The van der Waals surface area contributed by atoms with Gasteiger partial charge < -0.3 is 15.0 Å². The fourth-order valence-corrected chi connectivity index (χ4v) is 2.49. The van der Waals surface area contributed by atoms with Crippen molar-refractivity contribution in [2.75, 3.05) is 31.6 Å². The molecule has 1 N–H and O–H groups in total. The molecule has 106 valence electrons. The third-order valence-corrected chi connectivity index (χ3v) is 3.46. The van der Waals surface area contributed by atoms with Crippen LogP contribution >= 0.6 is 0 Å². The third kappa shape index (κ3) is 3.42. The topological polar surface area (TPSA) is 37.4 Å². The Morgan fingerprint density at radius 3 is 2.84 bits per heavy atom. The van der Waals surface area contributed by atoms with E-state index in [1.54, 1.807) is 12.3 Å². The van der Waals surface area contributed by atoms with E-state index in [1.165, 1.54) is 0 Å². The summed E-state index contributed by atoms with van der Waals surface area (Å²) >= 11 is 0. The van der Waals surface area contributed by atoms with Crippen molar-refractivity contribution in [3.63, 3.8) is 0 Å². The van der Waals surface area contributed by atoms with Gasteiger partial charge in [-0.3, -0.25) is 0 Å². The lowest BCUT2D eigenvalue weighted by Gasteiger charge is -2.32. The van der Waals surface area contributed by atoms with E-state index in [4.69, 9.17) is 4.74 Å². The molecule has 5 heteroatoms. The van der Waals surface area contributed by atoms with Crippen molar-refractivity contribution < 1.29 is 9.13 Å². The Balaban J connectivity index is 2.05. The highest BCUT2D eigenvalue weighted by atomic mass is 19.1. The standard InChI is InChI=1S/C14H22FN3O/c1-3-19-12-5-8-18(9-6-12)14-13(15)11(10-16-2)4-7-17-14/h4,7,12,16H,3,5-6,8-10H2,1-2H3. The number of nitrogens with one attached hydrogen (secondary N) is 1. The molecule has 2 rings (SSSR count). The molecule has 0 spiro atoms.